The molecule has 0 bridgehead atoms. The van der Waals surface area contributed by atoms with E-state index in [1.165, 1.54) is 0 Å². The zero-order valence-corrected chi connectivity index (χ0v) is 15.0. The molecule has 0 aliphatic carbocycles. The molecule has 0 aromatic heterocycles. The van der Waals surface area contributed by atoms with Crippen LogP contribution in [0.2, 0.25) is 0 Å². The van der Waals surface area contributed by atoms with Crippen molar-refractivity contribution in [1.82, 2.24) is 0 Å². The van der Waals surface area contributed by atoms with Crippen LogP contribution >= 0.6 is 38.5 Å². The fourth-order valence-corrected chi connectivity index (χ4v) is 2.84. The van der Waals surface area contributed by atoms with E-state index >= 15 is 0 Å². The van der Waals surface area contributed by atoms with Gasteiger partial charge in [0.25, 0.3) is 0 Å². The topological polar surface area (TPSA) is 26.3 Å². The van der Waals surface area contributed by atoms with E-state index < -0.39 is 0 Å². The summed E-state index contributed by atoms with van der Waals surface area (Å²) in [6.07, 6.45) is 0. The van der Waals surface area contributed by atoms with Crippen molar-refractivity contribution in [3.05, 3.63) is 61.1 Å². The highest BCUT2D eigenvalue weighted by Crippen LogP contribution is 2.27. The van der Waals surface area contributed by atoms with E-state index in [9.17, 15) is 4.79 Å². The third-order valence-corrected chi connectivity index (χ3v) is 4.22. The number of aryl methyl sites for hydroxylation is 1. The Kier molecular flexibility index (Phi) is 5.21. The first kappa shape index (κ1) is 15.5. The zero-order valence-electron chi connectivity index (χ0n) is 11.2. The van der Waals surface area contributed by atoms with Crippen LogP contribution in [0.5, 0.6) is 5.75 Å². The van der Waals surface area contributed by atoms with Gasteiger partial charge >= 0.3 is 0 Å². The molecule has 2 aromatic carbocycles. The summed E-state index contributed by atoms with van der Waals surface area (Å²) in [5, 5.41) is 0. The van der Waals surface area contributed by atoms with Crippen LogP contribution in [0.1, 0.15) is 28.4 Å². The Labute approximate surface area is 140 Å². The fourth-order valence-electron chi connectivity index (χ4n) is 1.92. The summed E-state index contributed by atoms with van der Waals surface area (Å²) in [5.41, 5.74) is 2.30. The van der Waals surface area contributed by atoms with Gasteiger partial charge in [0.1, 0.15) is 5.75 Å². The van der Waals surface area contributed by atoms with E-state index in [0.29, 0.717) is 23.5 Å². The maximum atomic E-state index is 12.8. The Morgan fingerprint density at radius 2 is 1.95 bits per heavy atom. The average molecular weight is 445 g/mol. The minimum absolute atomic E-state index is 0.0254. The number of rotatable bonds is 4. The first-order chi connectivity index (χ1) is 9.52. The monoisotopic (exact) mass is 444 g/mol. The zero-order chi connectivity index (χ0) is 14.7. The highest BCUT2D eigenvalue weighted by molar-refractivity contribution is 14.1. The molecule has 104 valence electrons. The van der Waals surface area contributed by atoms with Crippen LogP contribution in [0, 0.1) is 10.5 Å². The lowest BCUT2D eigenvalue weighted by atomic mass is 10.0. The highest BCUT2D eigenvalue weighted by Gasteiger charge is 2.17. The van der Waals surface area contributed by atoms with Crippen molar-refractivity contribution in [2.24, 2.45) is 0 Å². The lowest BCUT2D eigenvalue weighted by Gasteiger charge is -2.11. The number of halogens is 2. The van der Waals surface area contributed by atoms with Gasteiger partial charge in [-0.25, -0.2) is 0 Å². The van der Waals surface area contributed by atoms with Gasteiger partial charge in [-0.3, -0.25) is 4.79 Å². The van der Waals surface area contributed by atoms with Crippen molar-refractivity contribution in [3.8, 4) is 5.75 Å². The van der Waals surface area contributed by atoms with Crippen LogP contribution < -0.4 is 4.74 Å². The molecule has 0 atom stereocenters. The van der Waals surface area contributed by atoms with Crippen LogP contribution in [0.25, 0.3) is 0 Å². The standard InChI is InChI=1S/C16H14BrIO2/c1-3-20-15-7-4-10(2)8-13(15)16(19)12-9-11(18)5-6-14(12)17/h4-9H,3H2,1-2H3. The molecule has 0 spiro atoms. The Balaban J connectivity index is 2.52. The molecule has 0 amide bonds. The Bertz CT molecular complexity index is 653. The Morgan fingerprint density at radius 1 is 1.20 bits per heavy atom. The molecule has 0 radical (unpaired) electrons. The van der Waals surface area contributed by atoms with Crippen molar-refractivity contribution >= 4 is 44.3 Å². The van der Waals surface area contributed by atoms with E-state index in [1.807, 2.05) is 50.2 Å². The first-order valence-corrected chi connectivity index (χ1v) is 8.13. The molecule has 0 unspecified atom stereocenters. The lowest BCUT2D eigenvalue weighted by Crippen LogP contribution is -2.07. The second-order valence-corrected chi connectivity index (χ2v) is 6.49. The molecular formula is C16H14BrIO2. The van der Waals surface area contributed by atoms with Crippen LogP contribution in [0.3, 0.4) is 0 Å². The van der Waals surface area contributed by atoms with Gasteiger partial charge in [-0.15, -0.1) is 0 Å². The second kappa shape index (κ2) is 6.72. The van der Waals surface area contributed by atoms with E-state index in [0.717, 1.165) is 13.6 Å². The van der Waals surface area contributed by atoms with Gasteiger partial charge in [-0.1, -0.05) is 27.6 Å². The quantitative estimate of drug-likeness (QED) is 0.490. The normalized spacial score (nSPS) is 10.4. The summed E-state index contributed by atoms with van der Waals surface area (Å²) in [7, 11) is 0. The first-order valence-electron chi connectivity index (χ1n) is 6.26. The summed E-state index contributed by atoms with van der Waals surface area (Å²) in [6.45, 7) is 4.42. The van der Waals surface area contributed by atoms with Crippen LogP contribution in [0.15, 0.2) is 40.9 Å². The number of hydrogen-bond acceptors (Lipinski definition) is 2. The second-order valence-electron chi connectivity index (χ2n) is 4.39. The molecule has 0 aliphatic rings. The molecule has 0 N–H and O–H groups in total. The summed E-state index contributed by atoms with van der Waals surface area (Å²) in [6, 6.07) is 11.4. The summed E-state index contributed by atoms with van der Waals surface area (Å²) >= 11 is 5.65. The maximum Gasteiger partial charge on any atom is 0.197 e. The lowest BCUT2D eigenvalue weighted by molar-refractivity contribution is 0.103. The predicted octanol–water partition coefficient (Wildman–Crippen LogP) is 4.99. The number of carbonyl (C=O) groups excluding carboxylic acids is 1. The van der Waals surface area contributed by atoms with E-state index in [2.05, 4.69) is 38.5 Å². The van der Waals surface area contributed by atoms with Crippen molar-refractivity contribution < 1.29 is 9.53 Å². The number of hydrogen-bond donors (Lipinski definition) is 0. The third-order valence-electron chi connectivity index (χ3n) is 2.85. The van der Waals surface area contributed by atoms with Crippen molar-refractivity contribution in [2.45, 2.75) is 13.8 Å². The van der Waals surface area contributed by atoms with Gasteiger partial charge < -0.3 is 4.74 Å². The van der Waals surface area contributed by atoms with Crippen molar-refractivity contribution in [2.75, 3.05) is 6.61 Å². The SMILES string of the molecule is CCOc1ccc(C)cc1C(=O)c1cc(I)ccc1Br. The molecule has 0 saturated heterocycles. The number of ketones is 1. The van der Waals surface area contributed by atoms with E-state index in [1.54, 1.807) is 0 Å². The van der Waals surface area contributed by atoms with Gasteiger partial charge in [0.2, 0.25) is 0 Å². The molecule has 2 aromatic rings. The fraction of sp³-hybridized carbons (Fsp3) is 0.188. The summed E-state index contributed by atoms with van der Waals surface area (Å²) < 4.78 is 7.39. The van der Waals surface area contributed by atoms with Gasteiger partial charge in [-0.05, 0) is 66.8 Å². The molecule has 2 nitrogen and oxygen atoms in total. The molecule has 0 fully saturated rings. The maximum absolute atomic E-state index is 12.8. The predicted molar refractivity (Wildman–Crippen MR) is 92.6 cm³/mol. The molecule has 0 aliphatic heterocycles. The third kappa shape index (κ3) is 3.41. The van der Waals surface area contributed by atoms with Crippen molar-refractivity contribution in [1.29, 1.82) is 0 Å². The van der Waals surface area contributed by atoms with Gasteiger partial charge in [0.05, 0.1) is 12.2 Å². The molecule has 4 heteroatoms. The average Bonchev–Trinajstić information content (AvgIpc) is 2.43. The van der Waals surface area contributed by atoms with Crippen LogP contribution in [-0.2, 0) is 0 Å². The summed E-state index contributed by atoms with van der Waals surface area (Å²) in [5.74, 6) is 0.608. The van der Waals surface area contributed by atoms with E-state index in [4.69, 9.17) is 4.74 Å². The van der Waals surface area contributed by atoms with Crippen LogP contribution in [-0.4, -0.2) is 12.4 Å². The Morgan fingerprint density at radius 3 is 2.65 bits per heavy atom. The van der Waals surface area contributed by atoms with E-state index in [-0.39, 0.29) is 5.78 Å². The van der Waals surface area contributed by atoms with Gasteiger partial charge in [0.15, 0.2) is 5.78 Å². The molecule has 0 saturated carbocycles. The largest absolute Gasteiger partial charge is 0.493 e. The minimum atomic E-state index is -0.0254. The summed E-state index contributed by atoms with van der Waals surface area (Å²) in [4.78, 5) is 12.8. The van der Waals surface area contributed by atoms with Gasteiger partial charge in [-0.2, -0.15) is 0 Å². The van der Waals surface area contributed by atoms with Crippen molar-refractivity contribution in [3.63, 3.8) is 0 Å². The molecular weight excluding hydrogens is 431 g/mol. The van der Waals surface area contributed by atoms with Crippen LogP contribution in [0.4, 0.5) is 0 Å². The highest BCUT2D eigenvalue weighted by atomic mass is 127. The molecule has 2 rings (SSSR count). The number of benzene rings is 2. The number of ether oxygens (including phenoxy) is 1. The smallest absolute Gasteiger partial charge is 0.197 e. The number of carbonyl (C=O) groups is 1. The Hall–Kier alpha value is -0.880. The van der Waals surface area contributed by atoms with Gasteiger partial charge in [0, 0.05) is 13.6 Å². The molecule has 20 heavy (non-hydrogen) atoms. The minimum Gasteiger partial charge on any atom is -0.493 e. The molecule has 0 heterocycles.